The number of hydrogen-bond acceptors (Lipinski definition) is 1. The summed E-state index contributed by atoms with van der Waals surface area (Å²) in [5.41, 5.74) is 2.52. The molecule has 0 fully saturated rings. The molecule has 0 saturated heterocycles. The molecule has 2 nitrogen and oxygen atoms in total. The molecule has 98 valence electrons. The molecule has 0 unspecified atom stereocenters. The van der Waals surface area contributed by atoms with Crippen LogP contribution in [0.2, 0.25) is 10.0 Å². The number of nitriles is 1. The fourth-order valence-corrected chi connectivity index (χ4v) is 2.81. The molecule has 0 aliphatic carbocycles. The fraction of sp³-hybridized carbons (Fsp3) is 0.0625. The maximum Gasteiger partial charge on any atom is 0.0992 e. The molecular weight excluding hydrogens is 291 g/mol. The van der Waals surface area contributed by atoms with Gasteiger partial charge in [0.15, 0.2) is 0 Å². The van der Waals surface area contributed by atoms with Gasteiger partial charge in [0.25, 0.3) is 0 Å². The average Bonchev–Trinajstić information content (AvgIpc) is 2.85. The second-order valence-electron chi connectivity index (χ2n) is 4.54. The van der Waals surface area contributed by atoms with Crippen LogP contribution in [0.4, 0.5) is 0 Å². The Kier molecular flexibility index (Phi) is 3.40. The molecule has 0 atom stereocenters. The van der Waals surface area contributed by atoms with E-state index < -0.39 is 0 Å². The first-order chi connectivity index (χ1) is 9.69. The lowest BCUT2D eigenvalue weighted by atomic mass is 10.1. The molecule has 20 heavy (non-hydrogen) atoms. The summed E-state index contributed by atoms with van der Waals surface area (Å²) >= 11 is 12.5. The zero-order chi connectivity index (χ0) is 14.1. The molecule has 1 heterocycles. The Morgan fingerprint density at radius 1 is 1.05 bits per heavy atom. The van der Waals surface area contributed by atoms with Crippen molar-refractivity contribution in [3.8, 4) is 6.07 Å². The monoisotopic (exact) mass is 300 g/mol. The summed E-state index contributed by atoms with van der Waals surface area (Å²) < 4.78 is 2.06. The number of halogens is 2. The Morgan fingerprint density at radius 3 is 2.65 bits per heavy atom. The van der Waals surface area contributed by atoms with Crippen LogP contribution in [0.25, 0.3) is 10.9 Å². The van der Waals surface area contributed by atoms with Gasteiger partial charge < -0.3 is 4.57 Å². The third-order valence-electron chi connectivity index (χ3n) is 3.26. The highest BCUT2D eigenvalue weighted by Crippen LogP contribution is 2.26. The van der Waals surface area contributed by atoms with Crippen LogP contribution in [0.3, 0.4) is 0 Å². The number of hydrogen-bond donors (Lipinski definition) is 0. The molecule has 1 aromatic heterocycles. The summed E-state index contributed by atoms with van der Waals surface area (Å²) in [6, 6.07) is 15.3. The van der Waals surface area contributed by atoms with Gasteiger partial charge in [-0.25, -0.2) is 0 Å². The lowest BCUT2D eigenvalue weighted by Gasteiger charge is -2.09. The van der Waals surface area contributed by atoms with Gasteiger partial charge in [-0.1, -0.05) is 41.4 Å². The van der Waals surface area contributed by atoms with Crippen LogP contribution in [0.1, 0.15) is 11.1 Å². The number of rotatable bonds is 2. The second-order valence-corrected chi connectivity index (χ2v) is 5.35. The maximum atomic E-state index is 8.86. The van der Waals surface area contributed by atoms with E-state index in [9.17, 15) is 0 Å². The van der Waals surface area contributed by atoms with E-state index >= 15 is 0 Å². The zero-order valence-corrected chi connectivity index (χ0v) is 12.0. The molecule has 0 aliphatic heterocycles. The van der Waals surface area contributed by atoms with Crippen LogP contribution in [0, 0.1) is 11.3 Å². The Hall–Kier alpha value is -1.95. The van der Waals surface area contributed by atoms with Crippen molar-refractivity contribution in [3.05, 3.63) is 69.8 Å². The standard InChI is InChI=1S/C16H10Cl2N2/c17-14-3-1-2-12-6-7-20(16(12)14)10-13-5-4-11(9-19)8-15(13)18/h1-8H,10H2. The van der Waals surface area contributed by atoms with E-state index in [0.717, 1.165) is 21.5 Å². The van der Waals surface area contributed by atoms with Gasteiger partial charge in [0, 0.05) is 23.2 Å². The summed E-state index contributed by atoms with van der Waals surface area (Å²) in [5.74, 6) is 0. The summed E-state index contributed by atoms with van der Waals surface area (Å²) in [4.78, 5) is 0. The van der Waals surface area contributed by atoms with Crippen molar-refractivity contribution in [2.75, 3.05) is 0 Å². The molecule has 4 heteroatoms. The van der Waals surface area contributed by atoms with Crippen molar-refractivity contribution >= 4 is 34.1 Å². The lowest BCUT2D eigenvalue weighted by molar-refractivity contribution is 0.837. The van der Waals surface area contributed by atoms with Crippen LogP contribution in [0.15, 0.2) is 48.7 Å². The van der Waals surface area contributed by atoms with Crippen molar-refractivity contribution in [2.24, 2.45) is 0 Å². The average molecular weight is 301 g/mol. The van der Waals surface area contributed by atoms with E-state index in [1.54, 1.807) is 12.1 Å². The zero-order valence-electron chi connectivity index (χ0n) is 10.5. The molecule has 0 amide bonds. The van der Waals surface area contributed by atoms with Crippen molar-refractivity contribution < 1.29 is 0 Å². The first kappa shape index (κ1) is 13.1. The van der Waals surface area contributed by atoms with Gasteiger partial charge in [0.2, 0.25) is 0 Å². The summed E-state index contributed by atoms with van der Waals surface area (Å²) in [6.45, 7) is 0.623. The molecule has 0 radical (unpaired) electrons. The highest BCUT2D eigenvalue weighted by Gasteiger charge is 2.08. The van der Waals surface area contributed by atoms with Crippen LogP contribution in [-0.4, -0.2) is 4.57 Å². The van der Waals surface area contributed by atoms with Gasteiger partial charge in [-0.3, -0.25) is 0 Å². The van der Waals surface area contributed by atoms with Crippen molar-refractivity contribution in [3.63, 3.8) is 0 Å². The Morgan fingerprint density at radius 2 is 1.90 bits per heavy atom. The van der Waals surface area contributed by atoms with E-state index in [2.05, 4.69) is 10.6 Å². The molecular formula is C16H10Cl2N2. The molecule has 0 N–H and O–H groups in total. The van der Waals surface area contributed by atoms with Crippen LogP contribution in [-0.2, 0) is 6.54 Å². The van der Waals surface area contributed by atoms with Crippen LogP contribution < -0.4 is 0 Å². The van der Waals surface area contributed by atoms with Gasteiger partial charge in [-0.15, -0.1) is 0 Å². The van der Waals surface area contributed by atoms with Gasteiger partial charge in [-0.2, -0.15) is 5.26 Å². The molecule has 0 aliphatic rings. The molecule has 0 bridgehead atoms. The highest BCUT2D eigenvalue weighted by atomic mass is 35.5. The molecule has 2 aromatic carbocycles. The van der Waals surface area contributed by atoms with Gasteiger partial charge in [-0.05, 0) is 29.8 Å². The predicted octanol–water partition coefficient (Wildman–Crippen LogP) is 4.87. The lowest BCUT2D eigenvalue weighted by Crippen LogP contribution is -1.99. The molecule has 0 spiro atoms. The number of benzene rings is 2. The number of para-hydroxylation sites is 1. The Balaban J connectivity index is 2.04. The highest BCUT2D eigenvalue weighted by molar-refractivity contribution is 6.35. The van der Waals surface area contributed by atoms with Crippen LogP contribution in [0.5, 0.6) is 0 Å². The Labute approximate surface area is 126 Å². The van der Waals surface area contributed by atoms with E-state index in [1.165, 1.54) is 0 Å². The van der Waals surface area contributed by atoms with E-state index in [4.69, 9.17) is 28.5 Å². The summed E-state index contributed by atoms with van der Waals surface area (Å²) in [5, 5.41) is 11.3. The van der Waals surface area contributed by atoms with Gasteiger partial charge in [0.1, 0.15) is 0 Å². The van der Waals surface area contributed by atoms with E-state index in [1.807, 2.05) is 36.5 Å². The van der Waals surface area contributed by atoms with Crippen molar-refractivity contribution in [1.29, 1.82) is 5.26 Å². The predicted molar refractivity (Wildman–Crippen MR) is 82.2 cm³/mol. The minimum Gasteiger partial charge on any atom is -0.342 e. The smallest absolute Gasteiger partial charge is 0.0992 e. The molecule has 3 aromatic rings. The normalized spacial score (nSPS) is 10.7. The van der Waals surface area contributed by atoms with Gasteiger partial charge in [0.05, 0.1) is 22.2 Å². The number of fused-ring (bicyclic) bond motifs is 1. The third kappa shape index (κ3) is 2.27. The first-order valence-corrected chi connectivity index (χ1v) is 6.86. The number of aromatic nitrogens is 1. The minimum absolute atomic E-state index is 0.564. The number of nitrogens with zero attached hydrogens (tertiary/aromatic N) is 2. The largest absolute Gasteiger partial charge is 0.342 e. The third-order valence-corrected chi connectivity index (χ3v) is 3.92. The molecule has 3 rings (SSSR count). The van der Waals surface area contributed by atoms with E-state index in [-0.39, 0.29) is 0 Å². The molecule has 0 saturated carbocycles. The quantitative estimate of drug-likeness (QED) is 0.664. The SMILES string of the molecule is N#Cc1ccc(Cn2ccc3cccc(Cl)c32)c(Cl)c1. The van der Waals surface area contributed by atoms with Gasteiger partial charge >= 0.3 is 0 Å². The Bertz CT molecular complexity index is 828. The van der Waals surface area contributed by atoms with Crippen LogP contribution >= 0.6 is 23.2 Å². The maximum absolute atomic E-state index is 8.86. The fourth-order valence-electron chi connectivity index (χ4n) is 2.27. The summed E-state index contributed by atoms with van der Waals surface area (Å²) in [6.07, 6.45) is 1.99. The second kappa shape index (κ2) is 5.20. The first-order valence-electron chi connectivity index (χ1n) is 6.11. The van der Waals surface area contributed by atoms with E-state index in [0.29, 0.717) is 17.1 Å². The topological polar surface area (TPSA) is 28.7 Å². The van der Waals surface area contributed by atoms with Crippen molar-refractivity contribution in [1.82, 2.24) is 4.57 Å². The minimum atomic E-state index is 0.564. The summed E-state index contributed by atoms with van der Waals surface area (Å²) in [7, 11) is 0. The van der Waals surface area contributed by atoms with Crippen molar-refractivity contribution in [2.45, 2.75) is 6.54 Å².